The second-order valence-electron chi connectivity index (χ2n) is 9.76. The van der Waals surface area contributed by atoms with Crippen LogP contribution in [-0.2, 0) is 13.9 Å². The lowest BCUT2D eigenvalue weighted by Crippen LogP contribution is -2.57. The van der Waals surface area contributed by atoms with Gasteiger partial charge in [-0.05, 0) is 43.8 Å². The van der Waals surface area contributed by atoms with E-state index in [1.54, 1.807) is 0 Å². The van der Waals surface area contributed by atoms with Gasteiger partial charge in [0.05, 0.1) is 24.4 Å². The van der Waals surface area contributed by atoms with E-state index >= 15 is 0 Å². The number of methoxy groups -OCH3 is 1. The van der Waals surface area contributed by atoms with Crippen molar-refractivity contribution in [2.24, 2.45) is 23.7 Å². The summed E-state index contributed by atoms with van der Waals surface area (Å²) in [6, 6.07) is 0. The summed E-state index contributed by atoms with van der Waals surface area (Å²) in [5, 5.41) is 0. The Labute approximate surface area is 151 Å². The summed E-state index contributed by atoms with van der Waals surface area (Å²) in [6.07, 6.45) is 5.39. The van der Waals surface area contributed by atoms with Crippen LogP contribution in [-0.4, -0.2) is 39.8 Å². The molecule has 6 atom stereocenters. The normalized spacial score (nSPS) is 37.9. The fourth-order valence-electron chi connectivity index (χ4n) is 4.77. The zero-order valence-electron chi connectivity index (χ0n) is 17.2. The maximum Gasteiger partial charge on any atom is 0.184 e. The Bertz CT molecular complexity index is 400. The molecule has 1 spiro atoms. The predicted molar refractivity (Wildman–Crippen MR) is 103 cm³/mol. The molecule has 0 aromatic carbocycles. The molecule has 0 amide bonds. The molecular weight excluding hydrogens is 316 g/mol. The highest BCUT2D eigenvalue weighted by atomic mass is 28.4. The van der Waals surface area contributed by atoms with Crippen molar-refractivity contribution in [3.05, 3.63) is 0 Å². The number of hydrogen-bond acceptors (Lipinski definition) is 3. The van der Waals surface area contributed by atoms with Crippen molar-refractivity contribution in [3.8, 4) is 0 Å². The number of ether oxygens (including phenoxy) is 2. The highest BCUT2D eigenvalue weighted by Crippen LogP contribution is 2.53. The summed E-state index contributed by atoms with van der Waals surface area (Å²) >= 11 is 0. The van der Waals surface area contributed by atoms with Crippen LogP contribution in [0.5, 0.6) is 0 Å². The Morgan fingerprint density at radius 3 is 2.21 bits per heavy atom. The Balaban J connectivity index is 2.13. The van der Waals surface area contributed by atoms with E-state index < -0.39 is 8.32 Å². The zero-order chi connectivity index (χ0) is 18.1. The second-order valence-corrected chi connectivity index (χ2v) is 14.2. The van der Waals surface area contributed by atoms with E-state index in [1.807, 2.05) is 7.11 Å². The van der Waals surface area contributed by atoms with Gasteiger partial charge < -0.3 is 13.9 Å². The van der Waals surface area contributed by atoms with Crippen molar-refractivity contribution in [1.29, 1.82) is 0 Å². The van der Waals surface area contributed by atoms with Crippen molar-refractivity contribution in [3.63, 3.8) is 0 Å². The van der Waals surface area contributed by atoms with Crippen molar-refractivity contribution >= 4 is 8.32 Å². The Kier molecular flexibility index (Phi) is 6.61. The minimum absolute atomic E-state index is 0.0661. The van der Waals surface area contributed by atoms with Gasteiger partial charge in [-0.25, -0.2) is 0 Å². The van der Waals surface area contributed by atoms with Crippen molar-refractivity contribution < 1.29 is 13.9 Å². The molecule has 2 aliphatic rings. The molecule has 1 aliphatic carbocycles. The van der Waals surface area contributed by atoms with Crippen LogP contribution >= 0.6 is 0 Å². The third-order valence-corrected chi connectivity index (χ3v) is 6.82. The summed E-state index contributed by atoms with van der Waals surface area (Å²) < 4.78 is 18.7. The van der Waals surface area contributed by atoms with Gasteiger partial charge in [0.15, 0.2) is 8.32 Å². The third-order valence-electron chi connectivity index (χ3n) is 5.84. The molecule has 1 saturated heterocycles. The third kappa shape index (κ3) is 4.84. The number of epoxide rings is 1. The highest BCUT2D eigenvalue weighted by molar-refractivity contribution is 6.69. The lowest BCUT2D eigenvalue weighted by atomic mass is 9.65. The van der Waals surface area contributed by atoms with E-state index in [2.05, 4.69) is 47.3 Å². The average molecular weight is 357 g/mol. The van der Waals surface area contributed by atoms with Gasteiger partial charge in [0.25, 0.3) is 0 Å². The van der Waals surface area contributed by atoms with E-state index in [4.69, 9.17) is 13.9 Å². The van der Waals surface area contributed by atoms with Gasteiger partial charge >= 0.3 is 0 Å². The van der Waals surface area contributed by atoms with Crippen molar-refractivity contribution in [2.45, 2.75) is 90.8 Å². The van der Waals surface area contributed by atoms with Gasteiger partial charge in [0.1, 0.15) is 0 Å². The molecule has 1 aliphatic heterocycles. The second kappa shape index (κ2) is 7.77. The monoisotopic (exact) mass is 356 g/mol. The average Bonchev–Trinajstić information content (AvgIpc) is 3.19. The zero-order valence-corrected chi connectivity index (χ0v) is 18.2. The van der Waals surface area contributed by atoms with Crippen molar-refractivity contribution in [1.82, 2.24) is 0 Å². The Hall–Kier alpha value is 0.0969. The topological polar surface area (TPSA) is 31.0 Å². The highest BCUT2D eigenvalue weighted by Gasteiger charge is 2.62. The summed E-state index contributed by atoms with van der Waals surface area (Å²) in [5.41, 5.74) is 0.0661. The minimum Gasteiger partial charge on any atom is -0.412 e. The van der Waals surface area contributed by atoms with E-state index in [0.717, 1.165) is 18.9 Å². The molecule has 0 bridgehead atoms. The predicted octanol–water partition coefficient (Wildman–Crippen LogP) is 5.11. The fraction of sp³-hybridized carbons (Fsp3) is 1.00. The first-order chi connectivity index (χ1) is 11.1. The molecule has 142 valence electrons. The van der Waals surface area contributed by atoms with Gasteiger partial charge in [-0.2, -0.15) is 0 Å². The van der Waals surface area contributed by atoms with Crippen LogP contribution in [0, 0.1) is 23.7 Å². The number of hydrogen-bond donors (Lipinski definition) is 0. The van der Waals surface area contributed by atoms with Crippen LogP contribution in [0.1, 0.15) is 53.4 Å². The Morgan fingerprint density at radius 2 is 1.75 bits per heavy atom. The summed E-state index contributed by atoms with van der Waals surface area (Å²) in [5.74, 6) is 2.38. The molecule has 2 fully saturated rings. The molecular formula is C20H40O3Si. The summed E-state index contributed by atoms with van der Waals surface area (Å²) in [6.45, 7) is 17.1. The van der Waals surface area contributed by atoms with Gasteiger partial charge in [-0.1, -0.05) is 47.0 Å². The maximum absolute atomic E-state index is 6.60. The SMILES string of the molecule is CO[C@@H]1[C@H](O[Si](C)(C)C)[C@H](C)C[C@]2(CO2)[C@H]1C(C)CCCC(C)C. The largest absolute Gasteiger partial charge is 0.412 e. The van der Waals surface area contributed by atoms with Gasteiger partial charge in [0.2, 0.25) is 0 Å². The standard InChI is InChI=1S/C20H40O3Si/c1-14(2)10-9-11-15(3)17-19(21-5)18(23-24(6,7)8)16(4)12-20(17)13-22-20/h14-19H,9-13H2,1-8H3/t15?,16-,17+,18-,19+,20+/m1/s1. The van der Waals surface area contributed by atoms with E-state index in [1.165, 1.54) is 19.3 Å². The molecule has 3 nitrogen and oxygen atoms in total. The smallest absolute Gasteiger partial charge is 0.184 e. The molecule has 24 heavy (non-hydrogen) atoms. The van der Waals surface area contributed by atoms with Gasteiger partial charge in [-0.3, -0.25) is 0 Å². The molecule has 2 rings (SSSR count). The minimum atomic E-state index is -1.60. The van der Waals surface area contributed by atoms with Crippen LogP contribution in [0.25, 0.3) is 0 Å². The molecule has 0 radical (unpaired) electrons. The van der Waals surface area contributed by atoms with Crippen LogP contribution in [0.3, 0.4) is 0 Å². The van der Waals surface area contributed by atoms with Gasteiger partial charge in [-0.15, -0.1) is 0 Å². The molecule has 1 saturated carbocycles. The molecule has 0 aromatic rings. The first kappa shape index (κ1) is 20.4. The van der Waals surface area contributed by atoms with E-state index in [-0.39, 0.29) is 17.8 Å². The molecule has 1 unspecified atom stereocenters. The van der Waals surface area contributed by atoms with E-state index in [0.29, 0.717) is 17.8 Å². The van der Waals surface area contributed by atoms with Crippen molar-refractivity contribution in [2.75, 3.05) is 13.7 Å². The van der Waals surface area contributed by atoms with E-state index in [9.17, 15) is 0 Å². The van der Waals surface area contributed by atoms with Crippen LogP contribution < -0.4 is 0 Å². The lowest BCUT2D eigenvalue weighted by molar-refractivity contribution is -0.127. The first-order valence-electron chi connectivity index (χ1n) is 9.94. The van der Waals surface area contributed by atoms with Crippen LogP contribution in [0.15, 0.2) is 0 Å². The van der Waals surface area contributed by atoms with Crippen LogP contribution in [0.2, 0.25) is 19.6 Å². The first-order valence-corrected chi connectivity index (χ1v) is 13.3. The molecule has 1 heterocycles. The van der Waals surface area contributed by atoms with Gasteiger partial charge in [0, 0.05) is 13.0 Å². The molecule has 0 aromatic heterocycles. The fourth-order valence-corrected chi connectivity index (χ4v) is 5.95. The van der Waals surface area contributed by atoms with Crippen LogP contribution in [0.4, 0.5) is 0 Å². The summed E-state index contributed by atoms with van der Waals surface area (Å²) in [7, 11) is 0.272. The molecule has 0 N–H and O–H groups in total. The Morgan fingerprint density at radius 1 is 1.12 bits per heavy atom. The quantitative estimate of drug-likeness (QED) is 0.447. The molecule has 4 heteroatoms. The summed E-state index contributed by atoms with van der Waals surface area (Å²) in [4.78, 5) is 0. The number of rotatable bonds is 8. The lowest BCUT2D eigenvalue weighted by Gasteiger charge is -2.48. The maximum atomic E-state index is 6.60.